The summed E-state index contributed by atoms with van der Waals surface area (Å²) in [5.41, 5.74) is 0. The van der Waals surface area contributed by atoms with Crippen LogP contribution in [0.5, 0.6) is 0 Å². The SMILES string of the molecule is CCCC(CN1CCCCC1)N(C)F. The van der Waals surface area contributed by atoms with Gasteiger partial charge in [-0.1, -0.05) is 19.8 Å². The molecule has 0 aliphatic carbocycles. The minimum atomic E-state index is 0.0955. The third-order valence-electron chi connectivity index (χ3n) is 3.04. The van der Waals surface area contributed by atoms with Gasteiger partial charge in [-0.15, -0.1) is 9.60 Å². The lowest BCUT2D eigenvalue weighted by atomic mass is 10.1. The molecule has 2 nitrogen and oxygen atoms in total. The number of nitrogens with zero attached hydrogens (tertiary/aromatic N) is 2. The van der Waals surface area contributed by atoms with E-state index in [0.717, 1.165) is 37.6 Å². The van der Waals surface area contributed by atoms with E-state index in [1.807, 2.05) is 0 Å². The minimum Gasteiger partial charge on any atom is -0.302 e. The van der Waals surface area contributed by atoms with E-state index in [9.17, 15) is 4.48 Å². The van der Waals surface area contributed by atoms with E-state index < -0.39 is 0 Å². The van der Waals surface area contributed by atoms with Crippen LogP contribution in [0, 0.1) is 0 Å². The molecule has 0 spiro atoms. The normalized spacial score (nSPS) is 21.4. The van der Waals surface area contributed by atoms with Crippen molar-refractivity contribution in [1.29, 1.82) is 0 Å². The van der Waals surface area contributed by atoms with Crippen LogP contribution in [0.15, 0.2) is 0 Å². The molecule has 0 aromatic rings. The quantitative estimate of drug-likeness (QED) is 0.632. The molecular formula is C11H23FN2. The molecule has 0 aromatic heterocycles. The molecule has 0 radical (unpaired) electrons. The summed E-state index contributed by atoms with van der Waals surface area (Å²) in [6, 6.07) is 0.0955. The second-order valence-electron chi connectivity index (χ2n) is 4.33. The second kappa shape index (κ2) is 6.36. The van der Waals surface area contributed by atoms with Crippen LogP contribution in [0.3, 0.4) is 0 Å². The van der Waals surface area contributed by atoms with Crippen LogP contribution in [0.4, 0.5) is 4.48 Å². The number of hydrogen-bond donors (Lipinski definition) is 0. The van der Waals surface area contributed by atoms with Crippen molar-refractivity contribution in [2.45, 2.75) is 45.1 Å². The van der Waals surface area contributed by atoms with Crippen molar-refractivity contribution >= 4 is 0 Å². The van der Waals surface area contributed by atoms with E-state index >= 15 is 0 Å². The van der Waals surface area contributed by atoms with Gasteiger partial charge >= 0.3 is 0 Å². The zero-order valence-electron chi connectivity index (χ0n) is 9.51. The maximum Gasteiger partial charge on any atom is 0.0526 e. The van der Waals surface area contributed by atoms with Gasteiger partial charge in [-0.2, -0.15) is 0 Å². The maximum atomic E-state index is 13.1. The molecule has 1 aliphatic heterocycles. The van der Waals surface area contributed by atoms with Crippen LogP contribution < -0.4 is 0 Å². The van der Waals surface area contributed by atoms with Gasteiger partial charge < -0.3 is 4.90 Å². The smallest absolute Gasteiger partial charge is 0.0526 e. The third-order valence-corrected chi connectivity index (χ3v) is 3.04. The summed E-state index contributed by atoms with van der Waals surface area (Å²) in [6.45, 7) is 5.34. The zero-order valence-corrected chi connectivity index (χ0v) is 9.51. The number of halogens is 1. The number of hydrogen-bond acceptors (Lipinski definition) is 2. The molecule has 84 valence electrons. The molecule has 0 aromatic carbocycles. The first-order valence-electron chi connectivity index (χ1n) is 5.85. The molecule has 0 bridgehead atoms. The second-order valence-corrected chi connectivity index (χ2v) is 4.33. The van der Waals surface area contributed by atoms with Gasteiger partial charge in [0.2, 0.25) is 0 Å². The number of piperidine rings is 1. The molecule has 0 amide bonds. The first-order chi connectivity index (χ1) is 6.74. The fourth-order valence-electron chi connectivity index (χ4n) is 2.15. The average Bonchev–Trinajstić information content (AvgIpc) is 2.18. The molecule has 1 atom stereocenters. The molecule has 1 rings (SSSR count). The molecule has 1 heterocycles. The standard InChI is InChI=1S/C11H23FN2/c1-3-7-11(13(2)12)10-14-8-5-4-6-9-14/h11H,3-10H2,1-2H3. The van der Waals surface area contributed by atoms with Gasteiger partial charge in [-0.25, -0.2) is 0 Å². The van der Waals surface area contributed by atoms with Crippen molar-refractivity contribution in [3.05, 3.63) is 0 Å². The summed E-state index contributed by atoms with van der Waals surface area (Å²) >= 11 is 0. The van der Waals surface area contributed by atoms with Crippen molar-refractivity contribution < 1.29 is 4.48 Å². The monoisotopic (exact) mass is 202 g/mol. The molecule has 1 unspecified atom stereocenters. The first-order valence-corrected chi connectivity index (χ1v) is 5.85. The van der Waals surface area contributed by atoms with Crippen LogP contribution in [-0.2, 0) is 0 Å². The lowest BCUT2D eigenvalue weighted by molar-refractivity contribution is -0.0127. The zero-order chi connectivity index (χ0) is 10.4. The predicted molar refractivity (Wildman–Crippen MR) is 57.9 cm³/mol. The Morgan fingerprint density at radius 3 is 2.43 bits per heavy atom. The number of likely N-dealkylation sites (N-methyl/N-ethyl adjacent to an activating group) is 1. The van der Waals surface area contributed by atoms with Gasteiger partial charge in [-0.05, 0) is 32.4 Å². The number of rotatable bonds is 5. The highest BCUT2D eigenvalue weighted by molar-refractivity contribution is 4.72. The Morgan fingerprint density at radius 1 is 1.29 bits per heavy atom. The summed E-state index contributed by atoms with van der Waals surface area (Å²) in [4.78, 5) is 2.40. The van der Waals surface area contributed by atoms with E-state index in [1.165, 1.54) is 19.3 Å². The van der Waals surface area contributed by atoms with Crippen molar-refractivity contribution in [3.8, 4) is 0 Å². The molecule has 1 saturated heterocycles. The van der Waals surface area contributed by atoms with Gasteiger partial charge in [0.05, 0.1) is 6.04 Å². The maximum absolute atomic E-state index is 13.1. The molecule has 0 saturated carbocycles. The van der Waals surface area contributed by atoms with Crippen LogP contribution >= 0.6 is 0 Å². The fraction of sp³-hybridized carbons (Fsp3) is 1.00. The van der Waals surface area contributed by atoms with Gasteiger partial charge in [-0.3, -0.25) is 0 Å². The van der Waals surface area contributed by atoms with Gasteiger partial charge in [0, 0.05) is 13.6 Å². The lowest BCUT2D eigenvalue weighted by Gasteiger charge is -2.31. The predicted octanol–water partition coefficient (Wildman–Crippen LogP) is 2.46. The fourth-order valence-corrected chi connectivity index (χ4v) is 2.15. The van der Waals surface area contributed by atoms with Crippen LogP contribution in [0.1, 0.15) is 39.0 Å². The van der Waals surface area contributed by atoms with E-state index in [0.29, 0.717) is 0 Å². The van der Waals surface area contributed by atoms with Crippen molar-refractivity contribution in [3.63, 3.8) is 0 Å². The number of likely N-dealkylation sites (tertiary alicyclic amines) is 1. The molecule has 1 aliphatic rings. The Bertz CT molecular complexity index is 144. The van der Waals surface area contributed by atoms with Crippen molar-refractivity contribution in [2.75, 3.05) is 26.7 Å². The largest absolute Gasteiger partial charge is 0.302 e. The highest BCUT2D eigenvalue weighted by Gasteiger charge is 2.18. The van der Waals surface area contributed by atoms with Crippen LogP contribution in [0.25, 0.3) is 0 Å². The highest BCUT2D eigenvalue weighted by atomic mass is 19.2. The molecule has 14 heavy (non-hydrogen) atoms. The molecular weight excluding hydrogens is 179 g/mol. The van der Waals surface area contributed by atoms with E-state index in [4.69, 9.17) is 0 Å². The first kappa shape index (κ1) is 11.9. The van der Waals surface area contributed by atoms with Crippen LogP contribution in [-0.4, -0.2) is 42.7 Å². The lowest BCUT2D eigenvalue weighted by Crippen LogP contribution is -2.41. The average molecular weight is 202 g/mol. The summed E-state index contributed by atoms with van der Waals surface area (Å²) in [5.74, 6) is 0. The summed E-state index contributed by atoms with van der Waals surface area (Å²) in [6.07, 6.45) is 5.94. The Kier molecular flexibility index (Phi) is 5.41. The summed E-state index contributed by atoms with van der Waals surface area (Å²) < 4.78 is 13.1. The van der Waals surface area contributed by atoms with E-state index in [-0.39, 0.29) is 6.04 Å². The van der Waals surface area contributed by atoms with Crippen molar-refractivity contribution in [1.82, 2.24) is 10.0 Å². The van der Waals surface area contributed by atoms with Gasteiger partial charge in [0.25, 0.3) is 0 Å². The Labute approximate surface area is 87.0 Å². The van der Waals surface area contributed by atoms with Crippen LogP contribution in [0.2, 0.25) is 0 Å². The molecule has 1 fully saturated rings. The van der Waals surface area contributed by atoms with Gasteiger partial charge in [0.15, 0.2) is 0 Å². The Hall–Kier alpha value is -0.150. The van der Waals surface area contributed by atoms with Gasteiger partial charge in [0.1, 0.15) is 0 Å². The Morgan fingerprint density at radius 2 is 1.93 bits per heavy atom. The Balaban J connectivity index is 2.29. The summed E-state index contributed by atoms with van der Waals surface area (Å²) in [5, 5.41) is 0.887. The summed E-state index contributed by atoms with van der Waals surface area (Å²) in [7, 11) is 1.55. The minimum absolute atomic E-state index is 0.0955. The highest BCUT2D eigenvalue weighted by Crippen LogP contribution is 2.13. The van der Waals surface area contributed by atoms with E-state index in [2.05, 4.69) is 11.8 Å². The van der Waals surface area contributed by atoms with E-state index in [1.54, 1.807) is 7.05 Å². The topological polar surface area (TPSA) is 6.48 Å². The van der Waals surface area contributed by atoms with Crippen molar-refractivity contribution in [2.24, 2.45) is 0 Å². The molecule has 0 N–H and O–H groups in total. The third kappa shape index (κ3) is 3.93. The molecule has 3 heteroatoms.